The van der Waals surface area contributed by atoms with E-state index in [2.05, 4.69) is 5.32 Å². The molecule has 2 amide bonds. The van der Waals surface area contributed by atoms with Crippen LogP contribution in [0.1, 0.15) is 35.2 Å². The van der Waals surface area contributed by atoms with Crippen LogP contribution >= 0.6 is 0 Å². The number of nitro benzene ring substituents is 1. The van der Waals surface area contributed by atoms with E-state index < -0.39 is 46.3 Å². The predicted octanol–water partition coefficient (Wildman–Crippen LogP) is 2.19. The second-order valence-corrected chi connectivity index (χ2v) is 6.45. The van der Waals surface area contributed by atoms with Gasteiger partial charge in [-0.1, -0.05) is 12.1 Å². The van der Waals surface area contributed by atoms with Crippen molar-refractivity contribution in [2.75, 3.05) is 6.61 Å². The van der Waals surface area contributed by atoms with Crippen LogP contribution in [0.25, 0.3) is 0 Å². The summed E-state index contributed by atoms with van der Waals surface area (Å²) in [6.07, 6.45) is -0.378. The molecule has 164 valence electrons. The lowest BCUT2D eigenvalue weighted by molar-refractivity contribution is -0.384. The lowest BCUT2D eigenvalue weighted by Crippen LogP contribution is -2.48. The largest absolute Gasteiger partial charge is 0.466 e. The van der Waals surface area contributed by atoms with Gasteiger partial charge in [0.15, 0.2) is 11.6 Å². The van der Waals surface area contributed by atoms with E-state index in [1.54, 1.807) is 6.92 Å². The van der Waals surface area contributed by atoms with Crippen LogP contribution in [0.15, 0.2) is 42.5 Å². The Labute approximate surface area is 175 Å². The Hall–Kier alpha value is -3.89. The zero-order chi connectivity index (χ0) is 23.1. The number of esters is 1. The molecule has 0 aliphatic carbocycles. The number of halogens is 2. The Balaban J connectivity index is 2.39. The monoisotopic (exact) mass is 435 g/mol. The number of benzene rings is 2. The fourth-order valence-corrected chi connectivity index (χ4v) is 2.90. The summed E-state index contributed by atoms with van der Waals surface area (Å²) in [5.74, 6) is -6.09. The minimum Gasteiger partial charge on any atom is -0.466 e. The molecule has 0 bridgehead atoms. The molecule has 2 aromatic carbocycles. The second kappa shape index (κ2) is 10.2. The molecular weight excluding hydrogens is 416 g/mol. The molecule has 0 saturated heterocycles. The zero-order valence-electron chi connectivity index (χ0n) is 16.3. The number of carbonyl (C=O) groups excluding carboxylic acids is 3. The normalized spacial score (nSPS) is 12.5. The number of nitrogens with zero attached hydrogens (tertiary/aromatic N) is 1. The van der Waals surface area contributed by atoms with Crippen molar-refractivity contribution in [3.63, 3.8) is 0 Å². The summed E-state index contributed by atoms with van der Waals surface area (Å²) in [6, 6.07) is 5.93. The van der Waals surface area contributed by atoms with E-state index >= 15 is 0 Å². The van der Waals surface area contributed by atoms with E-state index in [9.17, 15) is 33.3 Å². The molecule has 0 aliphatic heterocycles. The Morgan fingerprint density at radius 2 is 1.77 bits per heavy atom. The molecule has 9 nitrogen and oxygen atoms in total. The van der Waals surface area contributed by atoms with E-state index in [-0.39, 0.29) is 24.3 Å². The van der Waals surface area contributed by atoms with Gasteiger partial charge in [-0.2, -0.15) is 0 Å². The molecular formula is C20H19F2N3O6. The Morgan fingerprint density at radius 3 is 2.29 bits per heavy atom. The number of rotatable bonds is 9. The molecule has 2 aromatic rings. The quantitative estimate of drug-likeness (QED) is 0.351. The average molecular weight is 435 g/mol. The number of hydrogen-bond acceptors (Lipinski definition) is 6. The van der Waals surface area contributed by atoms with E-state index in [1.807, 2.05) is 0 Å². The van der Waals surface area contributed by atoms with Gasteiger partial charge in [-0.3, -0.25) is 24.5 Å². The highest BCUT2D eigenvalue weighted by molar-refractivity contribution is 5.97. The molecule has 2 rings (SSSR count). The van der Waals surface area contributed by atoms with Crippen molar-refractivity contribution in [2.24, 2.45) is 5.73 Å². The lowest BCUT2D eigenvalue weighted by Gasteiger charge is -2.25. The minimum absolute atomic E-state index is 0.0638. The number of nitro groups is 1. The van der Waals surface area contributed by atoms with E-state index in [1.165, 1.54) is 24.3 Å². The van der Waals surface area contributed by atoms with Crippen LogP contribution in [0.2, 0.25) is 0 Å². The van der Waals surface area contributed by atoms with E-state index in [0.29, 0.717) is 11.6 Å². The third kappa shape index (κ3) is 6.04. The minimum atomic E-state index is -1.45. The van der Waals surface area contributed by atoms with Crippen LogP contribution in [-0.2, 0) is 14.3 Å². The van der Waals surface area contributed by atoms with Gasteiger partial charge in [0.05, 0.1) is 18.0 Å². The van der Waals surface area contributed by atoms with Crippen molar-refractivity contribution in [1.82, 2.24) is 5.32 Å². The van der Waals surface area contributed by atoms with Gasteiger partial charge >= 0.3 is 5.97 Å². The van der Waals surface area contributed by atoms with Gasteiger partial charge in [-0.15, -0.1) is 0 Å². The number of carbonyl (C=O) groups is 3. The average Bonchev–Trinajstić information content (AvgIpc) is 2.72. The number of hydrogen-bond donors (Lipinski definition) is 2. The van der Waals surface area contributed by atoms with Crippen molar-refractivity contribution in [2.45, 2.75) is 25.3 Å². The third-order valence-corrected chi connectivity index (χ3v) is 4.40. The molecule has 0 radical (unpaired) electrons. The van der Waals surface area contributed by atoms with Crippen LogP contribution in [0.5, 0.6) is 0 Å². The van der Waals surface area contributed by atoms with Gasteiger partial charge in [0.2, 0.25) is 5.91 Å². The molecule has 2 atom stereocenters. The van der Waals surface area contributed by atoms with Crippen molar-refractivity contribution in [3.05, 3.63) is 75.3 Å². The first kappa shape index (κ1) is 23.4. The Kier molecular flexibility index (Phi) is 7.72. The van der Waals surface area contributed by atoms with E-state index in [0.717, 1.165) is 12.1 Å². The van der Waals surface area contributed by atoms with Crippen molar-refractivity contribution >= 4 is 23.5 Å². The van der Waals surface area contributed by atoms with Crippen LogP contribution in [0, 0.1) is 21.7 Å². The molecule has 0 heterocycles. The summed E-state index contributed by atoms with van der Waals surface area (Å²) < 4.78 is 31.5. The maximum Gasteiger partial charge on any atom is 0.306 e. The topological polar surface area (TPSA) is 142 Å². The summed E-state index contributed by atoms with van der Waals surface area (Å²) in [6.45, 7) is 1.64. The van der Waals surface area contributed by atoms with E-state index in [4.69, 9.17) is 10.5 Å². The van der Waals surface area contributed by atoms with Crippen LogP contribution < -0.4 is 11.1 Å². The summed E-state index contributed by atoms with van der Waals surface area (Å²) in [7, 11) is 0. The molecule has 31 heavy (non-hydrogen) atoms. The number of non-ortho nitro benzene ring substituents is 1. The molecule has 0 saturated carbocycles. The van der Waals surface area contributed by atoms with Crippen molar-refractivity contribution in [3.8, 4) is 0 Å². The second-order valence-electron chi connectivity index (χ2n) is 6.45. The molecule has 0 fully saturated rings. The van der Waals surface area contributed by atoms with Gasteiger partial charge in [0, 0.05) is 23.6 Å². The predicted molar refractivity (Wildman–Crippen MR) is 104 cm³/mol. The van der Waals surface area contributed by atoms with Crippen LogP contribution in [0.3, 0.4) is 0 Å². The van der Waals surface area contributed by atoms with Crippen LogP contribution in [0.4, 0.5) is 14.5 Å². The van der Waals surface area contributed by atoms with Gasteiger partial charge in [-0.25, -0.2) is 8.78 Å². The number of primary amides is 1. The number of nitrogens with one attached hydrogen (secondary N) is 1. The van der Waals surface area contributed by atoms with Crippen molar-refractivity contribution < 1.29 is 32.8 Å². The summed E-state index contributed by atoms with van der Waals surface area (Å²) in [4.78, 5) is 47.0. The highest BCUT2D eigenvalue weighted by Crippen LogP contribution is 2.27. The van der Waals surface area contributed by atoms with Gasteiger partial charge in [-0.05, 0) is 30.7 Å². The number of amides is 2. The fourth-order valence-electron chi connectivity index (χ4n) is 2.90. The first-order valence-electron chi connectivity index (χ1n) is 9.09. The Morgan fingerprint density at radius 1 is 1.13 bits per heavy atom. The van der Waals surface area contributed by atoms with Gasteiger partial charge < -0.3 is 15.8 Å². The lowest BCUT2D eigenvalue weighted by atomic mass is 9.87. The number of ether oxygens (including phenoxy) is 1. The van der Waals surface area contributed by atoms with Gasteiger partial charge in [0.25, 0.3) is 11.6 Å². The maximum absolute atomic E-state index is 13.5. The van der Waals surface area contributed by atoms with Crippen molar-refractivity contribution in [1.29, 1.82) is 0 Å². The number of nitrogens with two attached hydrogens (primary N) is 1. The molecule has 11 heteroatoms. The smallest absolute Gasteiger partial charge is 0.306 e. The first-order chi connectivity index (χ1) is 14.6. The molecule has 3 N–H and O–H groups in total. The fraction of sp³-hybridized carbons (Fsp3) is 0.250. The highest BCUT2D eigenvalue weighted by atomic mass is 19.2. The highest BCUT2D eigenvalue weighted by Gasteiger charge is 2.32. The standard InChI is InChI=1S/C20H19F2N3O6/c1-2-31-17(26)10-14(11-3-6-13(7-4-11)25(29)30)18(19(23)27)24-20(28)12-5-8-15(21)16(22)9-12/h3-9,14,18H,2,10H2,1H3,(H2,23,27)(H,24,28)/t14-,18+/m1/s1. The summed E-state index contributed by atoms with van der Waals surface area (Å²) in [5.41, 5.74) is 5.24. The SMILES string of the molecule is CCOC(=O)C[C@H](c1ccc([N+](=O)[O-])cc1)[C@H](NC(=O)c1ccc(F)c(F)c1)C(N)=O. The molecule has 0 aromatic heterocycles. The zero-order valence-corrected chi connectivity index (χ0v) is 16.3. The summed E-state index contributed by atoms with van der Waals surface area (Å²) in [5, 5.41) is 13.2. The Bertz CT molecular complexity index is 997. The third-order valence-electron chi connectivity index (χ3n) is 4.40. The first-order valence-corrected chi connectivity index (χ1v) is 9.09. The molecule has 0 spiro atoms. The molecule has 0 aliphatic rings. The maximum atomic E-state index is 13.5. The molecule has 0 unspecified atom stereocenters. The summed E-state index contributed by atoms with van der Waals surface area (Å²) >= 11 is 0. The van der Waals surface area contributed by atoms with Gasteiger partial charge in [0.1, 0.15) is 6.04 Å². The van der Waals surface area contributed by atoms with Crippen LogP contribution in [-0.4, -0.2) is 35.4 Å².